The highest BCUT2D eigenvalue weighted by Crippen LogP contribution is 2.22. The Labute approximate surface area is 115 Å². The molecule has 0 aliphatic heterocycles. The first-order valence-corrected chi connectivity index (χ1v) is 5.84. The molecule has 1 amide bonds. The van der Waals surface area contributed by atoms with Crippen LogP contribution in [0.5, 0.6) is 5.75 Å². The average molecular weight is 278 g/mol. The number of carbonyl (C=O) groups excluding carboxylic acids is 1. The molecule has 98 valence electrons. The van der Waals surface area contributed by atoms with Crippen LogP contribution in [0.2, 0.25) is 5.02 Å². The number of ether oxygens (including phenoxy) is 1. The van der Waals surface area contributed by atoms with Gasteiger partial charge in [-0.15, -0.1) is 0 Å². The number of methoxy groups -OCH3 is 1. The topological polar surface area (TPSA) is 77.2 Å². The van der Waals surface area contributed by atoms with Crippen molar-refractivity contribution in [2.75, 3.05) is 18.2 Å². The summed E-state index contributed by atoms with van der Waals surface area (Å²) in [5.74, 6) is 0.647. The Kier molecular flexibility index (Phi) is 3.87. The second kappa shape index (κ2) is 5.58. The van der Waals surface area contributed by atoms with Crippen LogP contribution in [0.1, 0.15) is 10.4 Å². The molecule has 0 unspecified atom stereocenters. The van der Waals surface area contributed by atoms with E-state index >= 15 is 0 Å². The number of benzene rings is 1. The van der Waals surface area contributed by atoms with Gasteiger partial charge >= 0.3 is 0 Å². The molecule has 2 aromatic rings. The van der Waals surface area contributed by atoms with E-state index in [0.29, 0.717) is 27.8 Å². The molecular weight excluding hydrogens is 266 g/mol. The van der Waals surface area contributed by atoms with Crippen LogP contribution >= 0.6 is 11.6 Å². The lowest BCUT2D eigenvalue weighted by molar-refractivity contribution is 0.102. The number of amides is 1. The van der Waals surface area contributed by atoms with Crippen LogP contribution in [0.4, 0.5) is 11.5 Å². The molecule has 1 aromatic heterocycles. The lowest BCUT2D eigenvalue weighted by Crippen LogP contribution is -2.13. The standard InChI is InChI=1S/C13H12ClN3O2/c1-19-11-4-2-8(6-10(11)15)13(18)17-12-5-3-9(14)7-16-12/h2-7H,15H2,1H3,(H,16,17,18). The summed E-state index contributed by atoms with van der Waals surface area (Å²) < 4.78 is 5.03. The number of hydrogen-bond donors (Lipinski definition) is 2. The van der Waals surface area contributed by atoms with Gasteiger partial charge in [0.15, 0.2) is 0 Å². The molecule has 0 spiro atoms. The van der Waals surface area contributed by atoms with Crippen molar-refractivity contribution in [1.82, 2.24) is 4.98 Å². The first-order chi connectivity index (χ1) is 9.10. The number of pyridine rings is 1. The summed E-state index contributed by atoms with van der Waals surface area (Å²) in [6.07, 6.45) is 1.46. The quantitative estimate of drug-likeness (QED) is 0.846. The molecule has 0 aliphatic carbocycles. The van der Waals surface area contributed by atoms with E-state index in [1.54, 1.807) is 30.3 Å². The molecule has 0 saturated carbocycles. The summed E-state index contributed by atoms with van der Waals surface area (Å²) in [4.78, 5) is 16.0. The van der Waals surface area contributed by atoms with Crippen molar-refractivity contribution < 1.29 is 9.53 Å². The Morgan fingerprint density at radius 3 is 2.74 bits per heavy atom. The van der Waals surface area contributed by atoms with Gasteiger partial charge in [-0.25, -0.2) is 4.98 Å². The molecule has 5 nitrogen and oxygen atoms in total. The number of nitrogens with one attached hydrogen (secondary N) is 1. The van der Waals surface area contributed by atoms with Gasteiger partial charge in [-0.2, -0.15) is 0 Å². The molecule has 19 heavy (non-hydrogen) atoms. The van der Waals surface area contributed by atoms with Gasteiger partial charge in [-0.1, -0.05) is 11.6 Å². The molecule has 0 aliphatic rings. The van der Waals surface area contributed by atoms with Gasteiger partial charge in [0.1, 0.15) is 11.6 Å². The molecule has 0 saturated heterocycles. The van der Waals surface area contributed by atoms with Crippen LogP contribution < -0.4 is 15.8 Å². The van der Waals surface area contributed by atoms with E-state index in [1.165, 1.54) is 13.3 Å². The Hall–Kier alpha value is -2.27. The van der Waals surface area contributed by atoms with Crippen LogP contribution in [0.15, 0.2) is 36.5 Å². The van der Waals surface area contributed by atoms with Gasteiger partial charge in [-0.3, -0.25) is 4.79 Å². The molecule has 0 atom stereocenters. The van der Waals surface area contributed by atoms with E-state index in [-0.39, 0.29) is 5.91 Å². The number of hydrogen-bond acceptors (Lipinski definition) is 4. The number of aromatic nitrogens is 1. The number of rotatable bonds is 3. The average Bonchev–Trinajstić information content (AvgIpc) is 2.41. The SMILES string of the molecule is COc1ccc(C(=O)Nc2ccc(Cl)cn2)cc1N. The first-order valence-electron chi connectivity index (χ1n) is 5.46. The fraction of sp³-hybridized carbons (Fsp3) is 0.0769. The lowest BCUT2D eigenvalue weighted by atomic mass is 10.2. The van der Waals surface area contributed by atoms with E-state index in [2.05, 4.69) is 10.3 Å². The molecule has 0 radical (unpaired) electrons. The lowest BCUT2D eigenvalue weighted by Gasteiger charge is -2.07. The zero-order chi connectivity index (χ0) is 13.8. The van der Waals surface area contributed by atoms with Crippen LogP contribution in [0, 0.1) is 0 Å². The molecule has 6 heteroatoms. The summed E-state index contributed by atoms with van der Waals surface area (Å²) in [6.45, 7) is 0. The third-order valence-electron chi connectivity index (χ3n) is 2.46. The summed E-state index contributed by atoms with van der Waals surface area (Å²) in [5.41, 5.74) is 6.57. The second-order valence-corrected chi connectivity index (χ2v) is 4.21. The molecule has 3 N–H and O–H groups in total. The predicted octanol–water partition coefficient (Wildman–Crippen LogP) is 2.58. The van der Waals surface area contributed by atoms with Crippen LogP contribution in [0.25, 0.3) is 0 Å². The maximum Gasteiger partial charge on any atom is 0.256 e. The van der Waals surface area contributed by atoms with Gasteiger partial charge in [0.25, 0.3) is 5.91 Å². The number of nitrogens with two attached hydrogens (primary N) is 1. The largest absolute Gasteiger partial charge is 0.495 e. The van der Waals surface area contributed by atoms with Gasteiger partial charge in [-0.05, 0) is 30.3 Å². The van der Waals surface area contributed by atoms with Crippen LogP contribution in [-0.2, 0) is 0 Å². The number of halogens is 1. The van der Waals surface area contributed by atoms with E-state index in [1.807, 2.05) is 0 Å². The number of anilines is 2. The van der Waals surface area contributed by atoms with Gasteiger partial charge in [0.2, 0.25) is 0 Å². The zero-order valence-electron chi connectivity index (χ0n) is 10.2. The third-order valence-corrected chi connectivity index (χ3v) is 2.68. The number of nitrogen functional groups attached to an aromatic ring is 1. The minimum absolute atomic E-state index is 0.302. The van der Waals surface area contributed by atoms with Crippen molar-refractivity contribution in [2.45, 2.75) is 0 Å². The van der Waals surface area contributed by atoms with Crippen LogP contribution in [0.3, 0.4) is 0 Å². The van der Waals surface area contributed by atoms with Crippen LogP contribution in [-0.4, -0.2) is 18.0 Å². The predicted molar refractivity (Wildman–Crippen MR) is 74.6 cm³/mol. The van der Waals surface area contributed by atoms with E-state index < -0.39 is 0 Å². The van der Waals surface area contributed by atoms with Crippen molar-refractivity contribution in [3.05, 3.63) is 47.1 Å². The number of carbonyl (C=O) groups is 1. The van der Waals surface area contributed by atoms with Gasteiger partial charge in [0.05, 0.1) is 17.8 Å². The zero-order valence-corrected chi connectivity index (χ0v) is 10.9. The molecule has 0 bridgehead atoms. The Morgan fingerprint density at radius 1 is 1.37 bits per heavy atom. The minimum atomic E-state index is -0.302. The highest BCUT2D eigenvalue weighted by Gasteiger charge is 2.09. The van der Waals surface area contributed by atoms with E-state index in [4.69, 9.17) is 22.1 Å². The molecule has 0 fully saturated rings. The molecule has 2 rings (SSSR count). The van der Waals surface area contributed by atoms with Crippen molar-refractivity contribution in [2.24, 2.45) is 0 Å². The monoisotopic (exact) mass is 277 g/mol. The van der Waals surface area contributed by atoms with Crippen molar-refractivity contribution in [1.29, 1.82) is 0 Å². The van der Waals surface area contributed by atoms with E-state index in [0.717, 1.165) is 0 Å². The molecular formula is C13H12ClN3O2. The Bertz CT molecular complexity index is 599. The first kappa shape index (κ1) is 13.2. The highest BCUT2D eigenvalue weighted by atomic mass is 35.5. The maximum atomic E-state index is 12.0. The second-order valence-electron chi connectivity index (χ2n) is 3.77. The van der Waals surface area contributed by atoms with E-state index in [9.17, 15) is 4.79 Å². The summed E-state index contributed by atoms with van der Waals surface area (Å²) >= 11 is 5.71. The number of nitrogens with zero attached hydrogens (tertiary/aromatic N) is 1. The highest BCUT2D eigenvalue weighted by molar-refractivity contribution is 6.30. The van der Waals surface area contributed by atoms with Gasteiger partial charge < -0.3 is 15.8 Å². The third kappa shape index (κ3) is 3.14. The summed E-state index contributed by atoms with van der Waals surface area (Å²) in [6, 6.07) is 8.07. The molecule has 1 aromatic carbocycles. The summed E-state index contributed by atoms with van der Waals surface area (Å²) in [7, 11) is 1.52. The minimum Gasteiger partial charge on any atom is -0.495 e. The Morgan fingerprint density at radius 2 is 2.16 bits per heavy atom. The van der Waals surface area contributed by atoms with Crippen molar-refractivity contribution >= 4 is 29.0 Å². The fourth-order valence-electron chi connectivity index (χ4n) is 1.51. The van der Waals surface area contributed by atoms with Crippen molar-refractivity contribution in [3.63, 3.8) is 0 Å². The van der Waals surface area contributed by atoms with Crippen molar-refractivity contribution in [3.8, 4) is 5.75 Å². The molecule has 1 heterocycles. The fourth-order valence-corrected chi connectivity index (χ4v) is 1.63. The summed E-state index contributed by atoms with van der Waals surface area (Å²) in [5, 5.41) is 3.15. The van der Waals surface area contributed by atoms with Gasteiger partial charge in [0, 0.05) is 11.8 Å². The normalized spacial score (nSPS) is 10.0. The Balaban J connectivity index is 2.16. The maximum absolute atomic E-state index is 12.0. The smallest absolute Gasteiger partial charge is 0.256 e.